The third-order valence-electron chi connectivity index (χ3n) is 3.87. The second-order valence-corrected chi connectivity index (χ2v) is 8.16. The Morgan fingerprint density at radius 3 is 2.08 bits per heavy atom. The predicted octanol–water partition coefficient (Wildman–Crippen LogP) is 3.93. The molecule has 0 amide bonds. The van der Waals surface area contributed by atoms with Crippen molar-refractivity contribution in [3.8, 4) is 11.5 Å². The van der Waals surface area contributed by atoms with E-state index in [2.05, 4.69) is 14.1 Å². The number of hydrogen-bond acceptors (Lipinski definition) is 5. The third kappa shape index (κ3) is 5.78. The van der Waals surface area contributed by atoms with E-state index >= 15 is 0 Å². The number of benzene rings is 1. The Kier molecular flexibility index (Phi) is 8.23. The number of rotatable bonds is 11. The highest BCUT2D eigenvalue weighted by molar-refractivity contribution is 7.53. The maximum absolute atomic E-state index is 12.5. The molecule has 1 rings (SSSR count). The minimum absolute atomic E-state index is 0.394. The van der Waals surface area contributed by atoms with E-state index in [9.17, 15) is 4.57 Å². The summed E-state index contributed by atoms with van der Waals surface area (Å²) in [6.45, 7) is 5.25. The zero-order chi connectivity index (χ0) is 18.2. The Balaban J connectivity index is 2.77. The van der Waals surface area contributed by atoms with Gasteiger partial charge in [-0.05, 0) is 19.9 Å². The highest BCUT2D eigenvalue weighted by Crippen LogP contribution is 2.48. The van der Waals surface area contributed by atoms with Crippen molar-refractivity contribution in [1.29, 1.82) is 0 Å². The van der Waals surface area contributed by atoms with Crippen molar-refractivity contribution in [2.24, 2.45) is 0 Å². The minimum atomic E-state index is -2.98. The van der Waals surface area contributed by atoms with E-state index in [0.717, 1.165) is 18.7 Å². The van der Waals surface area contributed by atoms with Crippen LogP contribution in [0.5, 0.6) is 11.5 Å². The van der Waals surface area contributed by atoms with Crippen LogP contribution in [0.2, 0.25) is 0 Å². The molecule has 0 atom stereocenters. The largest absolute Gasteiger partial charge is 0.493 e. The SMILES string of the molecule is CCOP(=O)(CCC[N+](C)(C)c1ccc(OC)c(OC)c1)OCC. The topological polar surface area (TPSA) is 54.0 Å². The van der Waals surface area contributed by atoms with Gasteiger partial charge in [0, 0.05) is 18.6 Å². The highest BCUT2D eigenvalue weighted by Gasteiger charge is 2.26. The molecule has 0 saturated heterocycles. The van der Waals surface area contributed by atoms with Crippen molar-refractivity contribution in [2.75, 3.05) is 54.2 Å². The van der Waals surface area contributed by atoms with Gasteiger partial charge in [-0.1, -0.05) is 0 Å². The summed E-state index contributed by atoms with van der Waals surface area (Å²) in [4.78, 5) is 0. The molecule has 0 bridgehead atoms. The first-order valence-corrected chi connectivity index (χ1v) is 9.98. The van der Waals surface area contributed by atoms with Crippen LogP contribution in [0.3, 0.4) is 0 Å². The Morgan fingerprint density at radius 1 is 1.00 bits per heavy atom. The molecule has 24 heavy (non-hydrogen) atoms. The summed E-state index contributed by atoms with van der Waals surface area (Å²) in [6.07, 6.45) is 1.16. The van der Waals surface area contributed by atoms with Gasteiger partial charge in [0.15, 0.2) is 11.5 Å². The molecule has 0 fully saturated rings. The normalized spacial score (nSPS) is 12.2. The summed E-state index contributed by atoms with van der Waals surface area (Å²) in [6, 6.07) is 5.90. The zero-order valence-corrected chi connectivity index (χ0v) is 16.6. The van der Waals surface area contributed by atoms with Crippen LogP contribution in [0.4, 0.5) is 5.69 Å². The first-order valence-electron chi connectivity index (χ1n) is 8.25. The van der Waals surface area contributed by atoms with E-state index in [1.807, 2.05) is 32.0 Å². The van der Waals surface area contributed by atoms with Crippen molar-refractivity contribution >= 4 is 13.3 Å². The van der Waals surface area contributed by atoms with E-state index in [0.29, 0.717) is 35.4 Å². The smallest absolute Gasteiger partial charge is 0.330 e. The van der Waals surface area contributed by atoms with Gasteiger partial charge in [0.2, 0.25) is 0 Å². The average molecular weight is 360 g/mol. The maximum Gasteiger partial charge on any atom is 0.330 e. The lowest BCUT2D eigenvalue weighted by Gasteiger charge is -2.30. The molecule has 1 aromatic carbocycles. The summed E-state index contributed by atoms with van der Waals surface area (Å²) in [7, 11) is 4.48. The lowest BCUT2D eigenvalue weighted by molar-refractivity contribution is 0.218. The Hall–Kier alpha value is -1.07. The van der Waals surface area contributed by atoms with Crippen LogP contribution in [0.15, 0.2) is 18.2 Å². The molecule has 0 aromatic heterocycles. The lowest BCUT2D eigenvalue weighted by Crippen LogP contribution is -2.41. The van der Waals surface area contributed by atoms with Crippen LogP contribution in [0.1, 0.15) is 20.3 Å². The average Bonchev–Trinajstić information content (AvgIpc) is 2.54. The summed E-state index contributed by atoms with van der Waals surface area (Å²) >= 11 is 0. The van der Waals surface area contributed by atoms with Crippen molar-refractivity contribution in [1.82, 2.24) is 4.48 Å². The molecule has 0 spiro atoms. The maximum atomic E-state index is 12.5. The van der Waals surface area contributed by atoms with E-state index < -0.39 is 7.60 Å². The number of quaternary nitrogens is 1. The van der Waals surface area contributed by atoms with Crippen LogP contribution in [-0.4, -0.2) is 54.2 Å². The van der Waals surface area contributed by atoms with Crippen molar-refractivity contribution in [2.45, 2.75) is 20.3 Å². The van der Waals surface area contributed by atoms with Crippen molar-refractivity contribution in [3.63, 3.8) is 0 Å². The van der Waals surface area contributed by atoms with Gasteiger partial charge in [-0.25, -0.2) is 0 Å². The molecule has 0 radical (unpaired) electrons. The van der Waals surface area contributed by atoms with Crippen LogP contribution in [0.25, 0.3) is 0 Å². The van der Waals surface area contributed by atoms with E-state index in [4.69, 9.17) is 18.5 Å². The quantitative estimate of drug-likeness (QED) is 0.442. The monoisotopic (exact) mass is 360 g/mol. The first kappa shape index (κ1) is 21.0. The van der Waals surface area contributed by atoms with Gasteiger partial charge in [0.25, 0.3) is 0 Å². The van der Waals surface area contributed by atoms with Gasteiger partial charge in [-0.3, -0.25) is 9.05 Å². The molecule has 138 valence electrons. The van der Waals surface area contributed by atoms with Crippen molar-refractivity contribution in [3.05, 3.63) is 18.2 Å². The molecule has 0 heterocycles. The second kappa shape index (κ2) is 9.42. The second-order valence-electron chi connectivity index (χ2n) is 5.97. The summed E-state index contributed by atoms with van der Waals surface area (Å²) in [5.41, 5.74) is 1.09. The van der Waals surface area contributed by atoms with Gasteiger partial charge < -0.3 is 18.5 Å². The van der Waals surface area contributed by atoms with E-state index in [1.54, 1.807) is 14.2 Å². The fraction of sp³-hybridized carbons (Fsp3) is 0.647. The fourth-order valence-corrected chi connectivity index (χ4v) is 4.20. The highest BCUT2D eigenvalue weighted by atomic mass is 31.2. The van der Waals surface area contributed by atoms with Crippen LogP contribution in [-0.2, 0) is 13.6 Å². The van der Waals surface area contributed by atoms with E-state index in [1.165, 1.54) is 0 Å². The molecule has 0 aliphatic carbocycles. The van der Waals surface area contributed by atoms with E-state index in [-0.39, 0.29) is 0 Å². The molecule has 0 aliphatic heterocycles. The summed E-state index contributed by atoms with van der Waals surface area (Å²) in [5.74, 6) is 1.41. The lowest BCUT2D eigenvalue weighted by atomic mass is 10.2. The number of nitrogens with zero attached hydrogens (tertiary/aromatic N) is 1. The summed E-state index contributed by atoms with van der Waals surface area (Å²) < 4.78 is 34.5. The Morgan fingerprint density at radius 2 is 1.58 bits per heavy atom. The molecular formula is C17H31NO5P+. The predicted molar refractivity (Wildman–Crippen MR) is 98.4 cm³/mol. The number of ether oxygens (including phenoxy) is 2. The first-order chi connectivity index (χ1) is 11.3. The van der Waals surface area contributed by atoms with Crippen LogP contribution >= 0.6 is 7.60 Å². The van der Waals surface area contributed by atoms with Crippen LogP contribution in [0, 0.1) is 0 Å². The molecule has 6 nitrogen and oxygen atoms in total. The Bertz CT molecular complexity index is 552. The standard InChI is InChI=1S/C17H31NO5P/c1-7-22-24(19,23-8-2)13-9-12-18(3,4)15-10-11-16(20-5)17(14-15)21-6/h10-11,14H,7-9,12-13H2,1-6H3/q+1. The molecule has 7 heteroatoms. The molecule has 0 N–H and O–H groups in total. The Labute approximate surface area is 145 Å². The molecule has 0 aliphatic rings. The van der Waals surface area contributed by atoms with Gasteiger partial charge in [0.05, 0.1) is 54.2 Å². The molecule has 0 saturated carbocycles. The number of hydrogen-bond donors (Lipinski definition) is 0. The molecule has 0 unspecified atom stereocenters. The van der Waals surface area contributed by atoms with Gasteiger partial charge >= 0.3 is 7.60 Å². The van der Waals surface area contributed by atoms with Gasteiger partial charge in [-0.15, -0.1) is 0 Å². The third-order valence-corrected chi connectivity index (χ3v) is 6.03. The van der Waals surface area contributed by atoms with Gasteiger partial charge in [0.1, 0.15) is 5.69 Å². The van der Waals surface area contributed by atoms with Crippen LogP contribution < -0.4 is 14.0 Å². The van der Waals surface area contributed by atoms with Crippen molar-refractivity contribution < 1.29 is 23.1 Å². The fourth-order valence-electron chi connectivity index (χ4n) is 2.55. The molecule has 1 aromatic rings. The zero-order valence-electron chi connectivity index (χ0n) is 15.7. The van der Waals surface area contributed by atoms with Gasteiger partial charge in [-0.2, -0.15) is 0 Å². The minimum Gasteiger partial charge on any atom is -0.493 e. The number of methoxy groups -OCH3 is 2. The summed E-state index contributed by atoms with van der Waals surface area (Å²) in [5, 5.41) is 0. The molecular weight excluding hydrogens is 329 g/mol.